The first-order valence-corrected chi connectivity index (χ1v) is 6.90. The van der Waals surface area contributed by atoms with Crippen LogP contribution in [0.15, 0.2) is 24.3 Å². The Morgan fingerprint density at radius 3 is 2.58 bits per heavy atom. The molecule has 0 radical (unpaired) electrons. The molecule has 0 aromatic heterocycles. The SMILES string of the molecule is CC(NC(=O)[C@@H](N)Cc1ccc(O)cc1)C1CCC1. The fourth-order valence-corrected chi connectivity index (χ4v) is 2.37. The zero-order valence-corrected chi connectivity index (χ0v) is 11.3. The molecule has 2 rings (SSSR count). The standard InChI is InChI=1S/C15H22N2O2/c1-10(12-3-2-4-12)17-15(19)14(16)9-11-5-7-13(18)8-6-11/h5-8,10,12,14,18H,2-4,9,16H2,1H3,(H,17,19)/t10?,14-/m0/s1. The Bertz CT molecular complexity index is 426. The second kappa shape index (κ2) is 6.06. The molecule has 1 saturated carbocycles. The Kier molecular flexibility index (Phi) is 4.43. The van der Waals surface area contributed by atoms with Gasteiger partial charge in [0.25, 0.3) is 0 Å². The predicted octanol–water partition coefficient (Wildman–Crippen LogP) is 1.57. The first-order chi connectivity index (χ1) is 9.06. The van der Waals surface area contributed by atoms with Crippen molar-refractivity contribution in [2.75, 3.05) is 0 Å². The van der Waals surface area contributed by atoms with Crippen molar-refractivity contribution in [3.8, 4) is 5.75 Å². The number of rotatable bonds is 5. The molecular formula is C15H22N2O2. The molecule has 1 aromatic carbocycles. The van der Waals surface area contributed by atoms with Gasteiger partial charge in [0.15, 0.2) is 0 Å². The van der Waals surface area contributed by atoms with Gasteiger partial charge in [-0.15, -0.1) is 0 Å². The van der Waals surface area contributed by atoms with E-state index in [1.54, 1.807) is 24.3 Å². The molecular weight excluding hydrogens is 240 g/mol. The second-order valence-corrected chi connectivity index (χ2v) is 5.47. The molecule has 1 aliphatic rings. The minimum Gasteiger partial charge on any atom is -0.508 e. The number of benzene rings is 1. The van der Waals surface area contributed by atoms with Crippen LogP contribution in [0.2, 0.25) is 0 Å². The van der Waals surface area contributed by atoms with Crippen LogP contribution in [0.25, 0.3) is 0 Å². The summed E-state index contributed by atoms with van der Waals surface area (Å²) in [6.07, 6.45) is 4.16. The van der Waals surface area contributed by atoms with E-state index >= 15 is 0 Å². The van der Waals surface area contributed by atoms with Gasteiger partial charge in [0, 0.05) is 6.04 Å². The smallest absolute Gasteiger partial charge is 0.237 e. The number of phenols is 1. The highest BCUT2D eigenvalue weighted by Crippen LogP contribution is 2.29. The lowest BCUT2D eigenvalue weighted by Gasteiger charge is -2.32. The van der Waals surface area contributed by atoms with E-state index in [9.17, 15) is 9.90 Å². The van der Waals surface area contributed by atoms with Crippen LogP contribution < -0.4 is 11.1 Å². The van der Waals surface area contributed by atoms with Crippen LogP contribution in [-0.4, -0.2) is 23.1 Å². The van der Waals surface area contributed by atoms with Crippen LogP contribution in [0.5, 0.6) is 5.75 Å². The molecule has 1 aromatic rings. The number of amides is 1. The maximum Gasteiger partial charge on any atom is 0.237 e. The average molecular weight is 262 g/mol. The summed E-state index contributed by atoms with van der Waals surface area (Å²) < 4.78 is 0. The molecule has 4 N–H and O–H groups in total. The number of nitrogens with two attached hydrogens (primary N) is 1. The molecule has 19 heavy (non-hydrogen) atoms. The Morgan fingerprint density at radius 2 is 2.05 bits per heavy atom. The third-order valence-corrected chi connectivity index (χ3v) is 3.96. The van der Waals surface area contributed by atoms with Crippen molar-refractivity contribution in [2.24, 2.45) is 11.7 Å². The molecule has 4 heteroatoms. The normalized spacial score (nSPS) is 18.4. The molecule has 1 aliphatic carbocycles. The predicted molar refractivity (Wildman–Crippen MR) is 74.7 cm³/mol. The Labute approximate surface area is 114 Å². The summed E-state index contributed by atoms with van der Waals surface area (Å²) in [6.45, 7) is 2.05. The summed E-state index contributed by atoms with van der Waals surface area (Å²) in [5, 5.41) is 12.2. The highest BCUT2D eigenvalue weighted by Gasteiger charge is 2.26. The number of phenolic OH excluding ortho intramolecular Hbond substituents is 1. The van der Waals surface area contributed by atoms with Gasteiger partial charge in [0.1, 0.15) is 5.75 Å². The monoisotopic (exact) mass is 262 g/mol. The Balaban J connectivity index is 1.82. The zero-order chi connectivity index (χ0) is 13.8. The van der Waals surface area contributed by atoms with Crippen molar-refractivity contribution in [2.45, 2.75) is 44.7 Å². The Hall–Kier alpha value is -1.55. The molecule has 0 bridgehead atoms. The van der Waals surface area contributed by atoms with Crippen LogP contribution in [0.3, 0.4) is 0 Å². The summed E-state index contributed by atoms with van der Waals surface area (Å²) in [6, 6.07) is 6.47. The van der Waals surface area contributed by atoms with E-state index in [4.69, 9.17) is 5.73 Å². The Morgan fingerprint density at radius 1 is 1.42 bits per heavy atom. The van der Waals surface area contributed by atoms with Gasteiger partial charge in [-0.05, 0) is 49.8 Å². The third kappa shape index (κ3) is 3.70. The number of aromatic hydroxyl groups is 1. The lowest BCUT2D eigenvalue weighted by molar-refractivity contribution is -0.123. The van der Waals surface area contributed by atoms with Crippen molar-refractivity contribution >= 4 is 5.91 Å². The fraction of sp³-hybridized carbons (Fsp3) is 0.533. The molecule has 1 amide bonds. The lowest BCUT2D eigenvalue weighted by Crippen LogP contribution is -2.48. The highest BCUT2D eigenvalue weighted by atomic mass is 16.3. The first-order valence-electron chi connectivity index (χ1n) is 6.90. The zero-order valence-electron chi connectivity index (χ0n) is 11.3. The van der Waals surface area contributed by atoms with Gasteiger partial charge in [0.2, 0.25) is 5.91 Å². The minimum absolute atomic E-state index is 0.0903. The van der Waals surface area contributed by atoms with E-state index in [1.807, 2.05) is 0 Å². The van der Waals surface area contributed by atoms with Crippen molar-refractivity contribution in [1.82, 2.24) is 5.32 Å². The van der Waals surface area contributed by atoms with Gasteiger partial charge in [0.05, 0.1) is 6.04 Å². The molecule has 0 spiro atoms. The van der Waals surface area contributed by atoms with Crippen LogP contribution in [0.1, 0.15) is 31.7 Å². The van der Waals surface area contributed by atoms with Gasteiger partial charge >= 0.3 is 0 Å². The first kappa shape index (κ1) is 13.9. The quantitative estimate of drug-likeness (QED) is 0.754. The highest BCUT2D eigenvalue weighted by molar-refractivity contribution is 5.82. The summed E-state index contributed by atoms with van der Waals surface area (Å²) in [4.78, 5) is 12.0. The summed E-state index contributed by atoms with van der Waals surface area (Å²) in [5.41, 5.74) is 6.88. The summed E-state index contributed by atoms with van der Waals surface area (Å²) in [5.74, 6) is 0.748. The lowest BCUT2D eigenvalue weighted by atomic mass is 9.80. The second-order valence-electron chi connectivity index (χ2n) is 5.47. The van der Waals surface area contributed by atoms with Gasteiger partial charge in [-0.1, -0.05) is 18.6 Å². The van der Waals surface area contributed by atoms with E-state index in [0.717, 1.165) is 5.56 Å². The summed E-state index contributed by atoms with van der Waals surface area (Å²) in [7, 11) is 0. The van der Waals surface area contributed by atoms with Crippen LogP contribution in [0.4, 0.5) is 0 Å². The molecule has 104 valence electrons. The number of carbonyl (C=O) groups excluding carboxylic acids is 1. The molecule has 2 atom stereocenters. The van der Waals surface area contributed by atoms with E-state index < -0.39 is 6.04 Å². The summed E-state index contributed by atoms with van der Waals surface area (Å²) >= 11 is 0. The topological polar surface area (TPSA) is 75.4 Å². The fourth-order valence-electron chi connectivity index (χ4n) is 2.37. The molecule has 1 fully saturated rings. The van der Waals surface area contributed by atoms with Gasteiger partial charge < -0.3 is 16.2 Å². The largest absolute Gasteiger partial charge is 0.508 e. The van der Waals surface area contributed by atoms with Crippen LogP contribution in [0, 0.1) is 5.92 Å². The van der Waals surface area contributed by atoms with E-state index in [-0.39, 0.29) is 17.7 Å². The minimum atomic E-state index is -0.535. The van der Waals surface area contributed by atoms with Crippen LogP contribution >= 0.6 is 0 Å². The molecule has 0 heterocycles. The number of nitrogens with one attached hydrogen (secondary N) is 1. The van der Waals surface area contributed by atoms with E-state index in [1.165, 1.54) is 19.3 Å². The third-order valence-electron chi connectivity index (χ3n) is 3.96. The van der Waals surface area contributed by atoms with Gasteiger partial charge in [-0.25, -0.2) is 0 Å². The van der Waals surface area contributed by atoms with E-state index in [0.29, 0.717) is 12.3 Å². The molecule has 0 aliphatic heterocycles. The van der Waals surface area contributed by atoms with E-state index in [2.05, 4.69) is 12.2 Å². The maximum absolute atomic E-state index is 12.0. The number of carbonyl (C=O) groups is 1. The van der Waals surface area contributed by atoms with Crippen molar-refractivity contribution in [1.29, 1.82) is 0 Å². The van der Waals surface area contributed by atoms with Crippen molar-refractivity contribution < 1.29 is 9.90 Å². The van der Waals surface area contributed by atoms with Gasteiger partial charge in [-0.3, -0.25) is 4.79 Å². The maximum atomic E-state index is 12.0. The van der Waals surface area contributed by atoms with Gasteiger partial charge in [-0.2, -0.15) is 0 Å². The average Bonchev–Trinajstić information content (AvgIpc) is 2.29. The molecule has 4 nitrogen and oxygen atoms in total. The molecule has 1 unspecified atom stereocenters. The number of hydrogen-bond donors (Lipinski definition) is 3. The van der Waals surface area contributed by atoms with Crippen molar-refractivity contribution in [3.63, 3.8) is 0 Å². The van der Waals surface area contributed by atoms with Crippen molar-refractivity contribution in [3.05, 3.63) is 29.8 Å². The van der Waals surface area contributed by atoms with Crippen LogP contribution in [-0.2, 0) is 11.2 Å². The molecule has 0 saturated heterocycles. The number of hydrogen-bond acceptors (Lipinski definition) is 3.